The van der Waals surface area contributed by atoms with Gasteiger partial charge in [0.25, 0.3) is 0 Å². The van der Waals surface area contributed by atoms with Crippen molar-refractivity contribution in [1.29, 1.82) is 0 Å². The minimum absolute atomic E-state index is 0.181. The molecule has 1 rings (SSSR count). The van der Waals surface area contributed by atoms with Crippen molar-refractivity contribution in [3.05, 3.63) is 0 Å². The second-order valence-corrected chi connectivity index (χ2v) is 1.99. The molecule has 0 radical (unpaired) electrons. The van der Waals surface area contributed by atoms with Gasteiger partial charge in [0.05, 0.1) is 0 Å². The topological polar surface area (TPSA) is 64.1 Å². The second kappa shape index (κ2) is 1.78. The van der Waals surface area contributed by atoms with Crippen molar-refractivity contribution in [2.24, 2.45) is 11.5 Å². The van der Waals surface area contributed by atoms with E-state index in [-0.39, 0.29) is 12.1 Å². The van der Waals surface area contributed by atoms with Crippen LogP contribution in [-0.2, 0) is 0 Å². The molecule has 0 aromatic heterocycles. The van der Waals surface area contributed by atoms with Gasteiger partial charge in [-0.3, -0.25) is 0 Å². The summed E-state index contributed by atoms with van der Waals surface area (Å²) < 4.78 is 0. The van der Waals surface area contributed by atoms with Crippen LogP contribution < -0.4 is 16.8 Å². The molecule has 3 heteroatoms. The van der Waals surface area contributed by atoms with Crippen LogP contribution in [0.15, 0.2) is 0 Å². The quantitative estimate of drug-likeness (QED) is 0.339. The zero-order valence-electron chi connectivity index (χ0n) is 4.22. The van der Waals surface area contributed by atoms with E-state index < -0.39 is 0 Å². The fraction of sp³-hybridized carbons (Fsp3) is 1.00. The summed E-state index contributed by atoms with van der Waals surface area (Å²) in [6.07, 6.45) is 0. The van der Waals surface area contributed by atoms with Crippen molar-refractivity contribution >= 4 is 0 Å². The van der Waals surface area contributed by atoms with Crippen LogP contribution >= 0.6 is 0 Å². The van der Waals surface area contributed by atoms with Gasteiger partial charge in [0.1, 0.15) is 0 Å². The maximum Gasteiger partial charge on any atom is 0.0331 e. The van der Waals surface area contributed by atoms with Gasteiger partial charge in [-0.25, -0.2) is 0 Å². The van der Waals surface area contributed by atoms with Crippen molar-refractivity contribution in [3.8, 4) is 0 Å². The summed E-state index contributed by atoms with van der Waals surface area (Å²) in [5.41, 5.74) is 11.0. The van der Waals surface area contributed by atoms with Crippen LogP contribution in [0.4, 0.5) is 0 Å². The lowest BCUT2D eigenvalue weighted by Gasteiger charge is -2.04. The molecule has 1 fully saturated rings. The van der Waals surface area contributed by atoms with Gasteiger partial charge < -0.3 is 16.8 Å². The van der Waals surface area contributed by atoms with E-state index in [0.717, 1.165) is 13.1 Å². The van der Waals surface area contributed by atoms with E-state index in [4.69, 9.17) is 11.5 Å². The minimum atomic E-state index is 0.181. The fourth-order valence-electron chi connectivity index (χ4n) is 0.719. The molecule has 0 amide bonds. The smallest absolute Gasteiger partial charge is 0.0331 e. The van der Waals surface area contributed by atoms with Crippen LogP contribution in [0.5, 0.6) is 0 Å². The Kier molecular flexibility index (Phi) is 1.27. The highest BCUT2D eigenvalue weighted by Crippen LogP contribution is 1.90. The molecule has 42 valence electrons. The SMILES string of the molecule is N[C@@H]1CNC[C@H]1N. The van der Waals surface area contributed by atoms with E-state index in [1.54, 1.807) is 0 Å². The van der Waals surface area contributed by atoms with Gasteiger partial charge in [-0.05, 0) is 0 Å². The standard InChI is InChI=1S/C4H11N3/c5-3-1-7-2-4(3)6/h3-4,7H,1-2,5-6H2/t3-,4-/m1/s1. The Hall–Kier alpha value is -0.120. The highest BCUT2D eigenvalue weighted by Gasteiger charge is 2.17. The summed E-state index contributed by atoms with van der Waals surface area (Å²) >= 11 is 0. The minimum Gasteiger partial charge on any atom is -0.325 e. The molecule has 0 aromatic carbocycles. The maximum absolute atomic E-state index is 5.49. The van der Waals surface area contributed by atoms with Crippen molar-refractivity contribution in [2.75, 3.05) is 13.1 Å². The normalized spacial score (nSPS) is 42.0. The first-order valence-corrected chi connectivity index (χ1v) is 2.52. The first kappa shape index (κ1) is 5.03. The van der Waals surface area contributed by atoms with Crippen molar-refractivity contribution in [3.63, 3.8) is 0 Å². The lowest BCUT2D eigenvalue weighted by atomic mass is 10.2. The molecule has 7 heavy (non-hydrogen) atoms. The van der Waals surface area contributed by atoms with E-state index in [2.05, 4.69) is 5.32 Å². The molecule has 3 nitrogen and oxygen atoms in total. The number of nitrogens with two attached hydrogens (primary N) is 2. The second-order valence-electron chi connectivity index (χ2n) is 1.99. The summed E-state index contributed by atoms with van der Waals surface area (Å²) in [5, 5.41) is 3.07. The Bertz CT molecular complexity index is 56.0. The lowest BCUT2D eigenvalue weighted by molar-refractivity contribution is 0.642. The zero-order chi connectivity index (χ0) is 5.28. The zero-order valence-corrected chi connectivity index (χ0v) is 4.22. The van der Waals surface area contributed by atoms with Crippen LogP contribution in [0.1, 0.15) is 0 Å². The van der Waals surface area contributed by atoms with Crippen LogP contribution in [0.25, 0.3) is 0 Å². The van der Waals surface area contributed by atoms with Gasteiger partial charge >= 0.3 is 0 Å². The average molecular weight is 101 g/mol. The number of hydrogen-bond acceptors (Lipinski definition) is 3. The first-order valence-electron chi connectivity index (χ1n) is 2.52. The molecule has 0 bridgehead atoms. The van der Waals surface area contributed by atoms with Gasteiger partial charge in [0.15, 0.2) is 0 Å². The molecule has 0 spiro atoms. The molecule has 1 aliphatic rings. The van der Waals surface area contributed by atoms with Crippen molar-refractivity contribution in [2.45, 2.75) is 12.1 Å². The molecule has 5 N–H and O–H groups in total. The summed E-state index contributed by atoms with van der Waals surface area (Å²) in [6.45, 7) is 1.75. The Morgan fingerprint density at radius 2 is 1.57 bits per heavy atom. The lowest BCUT2D eigenvalue weighted by Crippen LogP contribution is -2.39. The third-order valence-corrected chi connectivity index (χ3v) is 1.31. The number of nitrogens with one attached hydrogen (secondary N) is 1. The largest absolute Gasteiger partial charge is 0.325 e. The average Bonchev–Trinajstić information content (AvgIpc) is 1.91. The van der Waals surface area contributed by atoms with Crippen LogP contribution in [0.2, 0.25) is 0 Å². The van der Waals surface area contributed by atoms with Crippen molar-refractivity contribution < 1.29 is 0 Å². The number of hydrogen-bond donors (Lipinski definition) is 3. The molecule has 0 saturated carbocycles. The number of rotatable bonds is 0. The summed E-state index contributed by atoms with van der Waals surface area (Å²) in [5.74, 6) is 0. The predicted octanol–water partition coefficient (Wildman–Crippen LogP) is -1.76. The molecule has 2 atom stereocenters. The Morgan fingerprint density at radius 1 is 1.14 bits per heavy atom. The Balaban J connectivity index is 2.33. The van der Waals surface area contributed by atoms with E-state index in [0.29, 0.717) is 0 Å². The van der Waals surface area contributed by atoms with Crippen molar-refractivity contribution in [1.82, 2.24) is 5.32 Å². The molecule has 1 aliphatic heterocycles. The Labute approximate surface area is 43.1 Å². The van der Waals surface area contributed by atoms with Gasteiger partial charge in [-0.15, -0.1) is 0 Å². The molecule has 0 aromatic rings. The van der Waals surface area contributed by atoms with Gasteiger partial charge in [0.2, 0.25) is 0 Å². The molecular weight excluding hydrogens is 90.1 g/mol. The van der Waals surface area contributed by atoms with Crippen LogP contribution in [0.3, 0.4) is 0 Å². The maximum atomic E-state index is 5.49. The van der Waals surface area contributed by atoms with Gasteiger partial charge in [-0.1, -0.05) is 0 Å². The molecule has 1 saturated heterocycles. The highest BCUT2D eigenvalue weighted by atomic mass is 15.0. The molecule has 1 heterocycles. The van der Waals surface area contributed by atoms with E-state index in [1.165, 1.54) is 0 Å². The molecule has 0 aliphatic carbocycles. The van der Waals surface area contributed by atoms with E-state index >= 15 is 0 Å². The summed E-state index contributed by atoms with van der Waals surface area (Å²) in [7, 11) is 0. The predicted molar refractivity (Wildman–Crippen MR) is 28.8 cm³/mol. The first-order chi connectivity index (χ1) is 3.30. The van der Waals surface area contributed by atoms with Crippen LogP contribution in [-0.4, -0.2) is 25.2 Å². The van der Waals surface area contributed by atoms with E-state index in [1.807, 2.05) is 0 Å². The summed E-state index contributed by atoms with van der Waals surface area (Å²) in [4.78, 5) is 0. The van der Waals surface area contributed by atoms with Gasteiger partial charge in [-0.2, -0.15) is 0 Å². The van der Waals surface area contributed by atoms with Gasteiger partial charge in [0, 0.05) is 25.2 Å². The monoisotopic (exact) mass is 101 g/mol. The Morgan fingerprint density at radius 3 is 1.71 bits per heavy atom. The highest BCUT2D eigenvalue weighted by molar-refractivity contribution is 4.86. The third kappa shape index (κ3) is 0.907. The molecule has 0 unspecified atom stereocenters. The van der Waals surface area contributed by atoms with Crippen LogP contribution in [0, 0.1) is 0 Å². The fourth-order valence-corrected chi connectivity index (χ4v) is 0.719. The summed E-state index contributed by atoms with van der Waals surface area (Å²) in [6, 6.07) is 0.361. The molecular formula is C4H11N3. The third-order valence-electron chi connectivity index (χ3n) is 1.31. The van der Waals surface area contributed by atoms with E-state index in [9.17, 15) is 0 Å².